The number of hydrogen-bond acceptors (Lipinski definition) is 4. The number of rotatable bonds is 3. The van der Waals surface area contributed by atoms with Crippen LogP contribution in [0.25, 0.3) is 0 Å². The van der Waals surface area contributed by atoms with Gasteiger partial charge in [0.2, 0.25) is 0 Å². The van der Waals surface area contributed by atoms with Crippen molar-refractivity contribution in [2.24, 2.45) is 5.92 Å². The topological polar surface area (TPSA) is 49.4 Å². The van der Waals surface area contributed by atoms with Gasteiger partial charge in [-0.3, -0.25) is 0 Å². The molecule has 3 saturated heterocycles. The van der Waals surface area contributed by atoms with Crippen LogP contribution in [0, 0.1) is 5.92 Å². The molecule has 4 nitrogen and oxygen atoms in total. The normalized spacial score (nSPS) is 43.4. The van der Waals surface area contributed by atoms with E-state index in [0.717, 1.165) is 25.0 Å². The van der Waals surface area contributed by atoms with Gasteiger partial charge in [0.1, 0.15) is 0 Å². The van der Waals surface area contributed by atoms with E-state index in [2.05, 4.69) is 17.3 Å². The quantitative estimate of drug-likeness (QED) is 0.819. The maximum Gasteiger partial charge on any atom is 0.150 e. The summed E-state index contributed by atoms with van der Waals surface area (Å²) in [5.74, 6) is 1.16. The average Bonchev–Trinajstić information content (AvgIpc) is 2.74. The molecule has 3 rings (SSSR count). The fourth-order valence-electron chi connectivity index (χ4n) is 3.94. The zero-order valence-electron chi connectivity index (χ0n) is 11.1. The number of nitrogens with zero attached hydrogens (tertiary/aromatic N) is 1. The van der Waals surface area contributed by atoms with Crippen molar-refractivity contribution in [3.05, 3.63) is 0 Å². The van der Waals surface area contributed by atoms with Gasteiger partial charge in [-0.05, 0) is 51.6 Å². The van der Waals surface area contributed by atoms with Gasteiger partial charge in [-0.15, -0.1) is 0 Å². The molecule has 3 heterocycles. The molecule has 0 aromatic carbocycles. The fourth-order valence-corrected chi connectivity index (χ4v) is 5.81. The Balaban J connectivity index is 1.48. The van der Waals surface area contributed by atoms with Crippen LogP contribution in [-0.2, 0) is 9.84 Å². The Kier molecular flexibility index (Phi) is 3.41. The van der Waals surface area contributed by atoms with Gasteiger partial charge < -0.3 is 10.2 Å². The van der Waals surface area contributed by atoms with Crippen molar-refractivity contribution in [2.45, 2.75) is 50.2 Å². The number of piperidine rings is 1. The summed E-state index contributed by atoms with van der Waals surface area (Å²) in [5, 5.41) is 3.63. The van der Waals surface area contributed by atoms with Gasteiger partial charge in [0.25, 0.3) is 0 Å². The molecule has 3 fully saturated rings. The van der Waals surface area contributed by atoms with Gasteiger partial charge >= 0.3 is 0 Å². The second-order valence-corrected chi connectivity index (χ2v) is 8.62. The first-order chi connectivity index (χ1) is 8.53. The van der Waals surface area contributed by atoms with Gasteiger partial charge in [-0.25, -0.2) is 8.42 Å². The maximum atomic E-state index is 11.4. The minimum Gasteiger partial charge on any atom is -0.314 e. The van der Waals surface area contributed by atoms with Crippen molar-refractivity contribution in [3.8, 4) is 0 Å². The van der Waals surface area contributed by atoms with Crippen molar-refractivity contribution in [2.75, 3.05) is 25.1 Å². The SMILES string of the molecule is CN1C2CCC1CC(NCC1CCS(=O)(=O)C1)C2. The molecule has 104 valence electrons. The molecule has 0 spiro atoms. The fraction of sp³-hybridized carbons (Fsp3) is 1.00. The lowest BCUT2D eigenvalue weighted by molar-refractivity contribution is 0.147. The van der Waals surface area contributed by atoms with E-state index in [1.54, 1.807) is 0 Å². The minimum absolute atomic E-state index is 0.354. The summed E-state index contributed by atoms with van der Waals surface area (Å²) < 4.78 is 22.8. The zero-order chi connectivity index (χ0) is 12.8. The van der Waals surface area contributed by atoms with E-state index in [0.29, 0.717) is 23.5 Å². The van der Waals surface area contributed by atoms with E-state index in [1.165, 1.54) is 25.7 Å². The summed E-state index contributed by atoms with van der Waals surface area (Å²) in [6.45, 7) is 0.896. The van der Waals surface area contributed by atoms with Crippen LogP contribution in [-0.4, -0.2) is 56.5 Å². The molecular weight excluding hydrogens is 248 g/mol. The first kappa shape index (κ1) is 12.9. The third-order valence-electron chi connectivity index (χ3n) is 5.12. The van der Waals surface area contributed by atoms with E-state index in [9.17, 15) is 8.42 Å². The summed E-state index contributed by atoms with van der Waals surface area (Å²) in [4.78, 5) is 2.54. The van der Waals surface area contributed by atoms with Crippen LogP contribution in [0.1, 0.15) is 32.1 Å². The Morgan fingerprint density at radius 2 is 1.83 bits per heavy atom. The Bertz CT molecular complexity index is 395. The van der Waals surface area contributed by atoms with E-state index < -0.39 is 9.84 Å². The minimum atomic E-state index is -2.71. The number of fused-ring (bicyclic) bond motifs is 2. The highest BCUT2D eigenvalue weighted by atomic mass is 32.2. The molecule has 0 saturated carbocycles. The van der Waals surface area contributed by atoms with Gasteiger partial charge in [0, 0.05) is 18.1 Å². The summed E-state index contributed by atoms with van der Waals surface area (Å²) in [6, 6.07) is 2.13. The summed E-state index contributed by atoms with van der Waals surface area (Å²) in [7, 11) is -0.463. The van der Waals surface area contributed by atoms with E-state index in [-0.39, 0.29) is 0 Å². The molecule has 5 heteroatoms. The highest BCUT2D eigenvalue weighted by Gasteiger charge is 2.38. The highest BCUT2D eigenvalue weighted by Crippen LogP contribution is 2.34. The Labute approximate surface area is 110 Å². The Morgan fingerprint density at radius 3 is 2.39 bits per heavy atom. The lowest BCUT2D eigenvalue weighted by atomic mass is 9.97. The second kappa shape index (κ2) is 4.76. The molecule has 3 aliphatic rings. The third-order valence-corrected chi connectivity index (χ3v) is 6.96. The van der Waals surface area contributed by atoms with Gasteiger partial charge in [0.15, 0.2) is 9.84 Å². The van der Waals surface area contributed by atoms with Crippen LogP contribution in [0.2, 0.25) is 0 Å². The summed E-state index contributed by atoms with van der Waals surface area (Å²) >= 11 is 0. The molecule has 0 aromatic heterocycles. The van der Waals surface area contributed by atoms with Crippen LogP contribution in [0.5, 0.6) is 0 Å². The summed E-state index contributed by atoms with van der Waals surface area (Å²) in [6.07, 6.45) is 6.03. The van der Waals surface area contributed by atoms with Gasteiger partial charge in [-0.1, -0.05) is 0 Å². The van der Waals surface area contributed by atoms with E-state index >= 15 is 0 Å². The standard InChI is InChI=1S/C13H24N2O2S/c1-15-12-2-3-13(15)7-11(6-12)14-8-10-4-5-18(16,17)9-10/h10-14H,2-9H2,1H3. The first-order valence-corrected chi connectivity index (χ1v) is 9.01. The second-order valence-electron chi connectivity index (χ2n) is 6.40. The van der Waals surface area contributed by atoms with Crippen LogP contribution in [0.15, 0.2) is 0 Å². The van der Waals surface area contributed by atoms with Gasteiger partial charge in [-0.2, -0.15) is 0 Å². The van der Waals surface area contributed by atoms with Crippen molar-refractivity contribution in [1.82, 2.24) is 10.2 Å². The third kappa shape index (κ3) is 2.58. The molecule has 3 aliphatic heterocycles. The van der Waals surface area contributed by atoms with Crippen molar-refractivity contribution in [3.63, 3.8) is 0 Å². The number of sulfone groups is 1. The lowest BCUT2D eigenvalue weighted by Gasteiger charge is -2.37. The predicted octanol–water partition coefficient (Wildman–Crippen LogP) is 0.636. The number of hydrogen-bond donors (Lipinski definition) is 1. The molecule has 0 radical (unpaired) electrons. The van der Waals surface area contributed by atoms with Crippen LogP contribution in [0.3, 0.4) is 0 Å². The average molecular weight is 272 g/mol. The maximum absolute atomic E-state index is 11.4. The predicted molar refractivity (Wildman–Crippen MR) is 72.4 cm³/mol. The van der Waals surface area contributed by atoms with Crippen molar-refractivity contribution >= 4 is 9.84 Å². The van der Waals surface area contributed by atoms with Crippen LogP contribution < -0.4 is 5.32 Å². The van der Waals surface area contributed by atoms with Gasteiger partial charge in [0.05, 0.1) is 11.5 Å². The van der Waals surface area contributed by atoms with Crippen molar-refractivity contribution in [1.29, 1.82) is 0 Å². The monoisotopic (exact) mass is 272 g/mol. The van der Waals surface area contributed by atoms with E-state index in [1.807, 2.05) is 0 Å². The largest absolute Gasteiger partial charge is 0.314 e. The smallest absolute Gasteiger partial charge is 0.150 e. The molecule has 18 heavy (non-hydrogen) atoms. The van der Waals surface area contributed by atoms with E-state index in [4.69, 9.17) is 0 Å². The molecule has 0 aromatic rings. The first-order valence-electron chi connectivity index (χ1n) is 7.19. The molecule has 2 bridgehead atoms. The number of nitrogens with one attached hydrogen (secondary N) is 1. The lowest BCUT2D eigenvalue weighted by Crippen LogP contribution is -2.48. The molecule has 1 N–H and O–H groups in total. The summed E-state index contributed by atoms with van der Waals surface area (Å²) in [5.41, 5.74) is 0. The molecular formula is C13H24N2O2S. The van der Waals surface area contributed by atoms with Crippen LogP contribution in [0.4, 0.5) is 0 Å². The zero-order valence-corrected chi connectivity index (χ0v) is 12.0. The molecule has 3 unspecified atom stereocenters. The highest BCUT2D eigenvalue weighted by molar-refractivity contribution is 7.91. The Hall–Kier alpha value is -0.130. The molecule has 3 atom stereocenters. The molecule has 0 aliphatic carbocycles. The van der Waals surface area contributed by atoms with Crippen LogP contribution >= 0.6 is 0 Å². The Morgan fingerprint density at radius 1 is 1.17 bits per heavy atom. The molecule has 0 amide bonds. The van der Waals surface area contributed by atoms with Crippen molar-refractivity contribution < 1.29 is 8.42 Å².